The molecule has 2 rings (SSSR count). The number of hydrazine groups is 1. The highest BCUT2D eigenvalue weighted by molar-refractivity contribution is 9.10. The Bertz CT molecular complexity index is 713. The average molecular weight is 401 g/mol. The van der Waals surface area contributed by atoms with E-state index in [4.69, 9.17) is 5.84 Å². The van der Waals surface area contributed by atoms with Gasteiger partial charge in [-0.05, 0) is 39.7 Å². The highest BCUT2D eigenvalue weighted by atomic mass is 79.9. The van der Waals surface area contributed by atoms with Crippen LogP contribution in [0.2, 0.25) is 0 Å². The maximum Gasteiger partial charge on any atom is 0.265 e. The first-order valence-electron chi connectivity index (χ1n) is 5.66. The molecule has 0 fully saturated rings. The van der Waals surface area contributed by atoms with Gasteiger partial charge in [0, 0.05) is 26.8 Å². The van der Waals surface area contributed by atoms with Gasteiger partial charge in [0.25, 0.3) is 11.5 Å². The second kappa shape index (κ2) is 6.34. The summed E-state index contributed by atoms with van der Waals surface area (Å²) >= 11 is 6.73. The van der Waals surface area contributed by atoms with Crippen LogP contribution in [0.15, 0.2) is 50.3 Å². The summed E-state index contributed by atoms with van der Waals surface area (Å²) in [5.41, 5.74) is 3.32. The largest absolute Gasteiger partial charge is 0.310 e. The van der Waals surface area contributed by atoms with E-state index in [0.29, 0.717) is 12.1 Å². The van der Waals surface area contributed by atoms with Crippen LogP contribution in [-0.2, 0) is 6.54 Å². The maximum absolute atomic E-state index is 11.8. The molecule has 0 aliphatic carbocycles. The van der Waals surface area contributed by atoms with Crippen molar-refractivity contribution in [1.82, 2.24) is 9.99 Å². The molecule has 0 unspecified atom stereocenters. The van der Waals surface area contributed by atoms with Gasteiger partial charge in [0.05, 0.1) is 6.54 Å². The first-order chi connectivity index (χ1) is 9.51. The Morgan fingerprint density at radius 1 is 1.25 bits per heavy atom. The topological polar surface area (TPSA) is 77.1 Å². The van der Waals surface area contributed by atoms with Gasteiger partial charge >= 0.3 is 0 Å². The van der Waals surface area contributed by atoms with Crippen LogP contribution in [-0.4, -0.2) is 10.5 Å². The molecule has 2 aromatic rings. The molecule has 3 N–H and O–H groups in total. The zero-order chi connectivity index (χ0) is 14.7. The van der Waals surface area contributed by atoms with Gasteiger partial charge in [-0.25, -0.2) is 5.84 Å². The van der Waals surface area contributed by atoms with Crippen LogP contribution in [0.5, 0.6) is 0 Å². The number of nitrogen functional groups attached to an aromatic ring is 1. The zero-order valence-electron chi connectivity index (χ0n) is 10.3. The molecule has 1 aromatic carbocycles. The van der Waals surface area contributed by atoms with Crippen LogP contribution in [0, 0.1) is 0 Å². The fraction of sp³-hybridized carbons (Fsp3) is 0.0769. The van der Waals surface area contributed by atoms with Crippen molar-refractivity contribution in [2.24, 2.45) is 5.84 Å². The second-order valence-corrected chi connectivity index (χ2v) is 5.86. The zero-order valence-corrected chi connectivity index (χ0v) is 13.4. The lowest BCUT2D eigenvalue weighted by Gasteiger charge is -2.09. The molecule has 7 heteroatoms. The standard InChI is InChI=1S/C13H11Br2N3O2/c14-10-3-4-12(19)18(7-10)6-9-2-1-8(5-11(9)15)13(20)17-16/h1-5,7H,6,16H2,(H,17,20). The molecule has 1 aromatic heterocycles. The van der Waals surface area contributed by atoms with Crippen molar-refractivity contribution < 1.29 is 4.79 Å². The van der Waals surface area contributed by atoms with E-state index in [1.807, 2.05) is 0 Å². The van der Waals surface area contributed by atoms with Crippen LogP contribution in [0.25, 0.3) is 0 Å². The van der Waals surface area contributed by atoms with Gasteiger partial charge in [0.2, 0.25) is 0 Å². The Morgan fingerprint density at radius 3 is 2.65 bits per heavy atom. The highest BCUT2D eigenvalue weighted by Crippen LogP contribution is 2.20. The molecular weight excluding hydrogens is 390 g/mol. The van der Waals surface area contributed by atoms with Gasteiger partial charge in [0.15, 0.2) is 0 Å². The summed E-state index contributed by atoms with van der Waals surface area (Å²) in [5, 5.41) is 0. The normalized spacial score (nSPS) is 10.3. The molecule has 0 saturated heterocycles. The van der Waals surface area contributed by atoms with Gasteiger partial charge in [-0.15, -0.1) is 0 Å². The number of halogens is 2. The summed E-state index contributed by atoms with van der Waals surface area (Å²) in [7, 11) is 0. The lowest BCUT2D eigenvalue weighted by atomic mass is 10.1. The maximum atomic E-state index is 11.8. The number of carbonyl (C=O) groups is 1. The predicted molar refractivity (Wildman–Crippen MR) is 83.3 cm³/mol. The van der Waals surface area contributed by atoms with E-state index in [2.05, 4.69) is 37.3 Å². The minimum absolute atomic E-state index is 0.0936. The third kappa shape index (κ3) is 3.36. The summed E-state index contributed by atoms with van der Waals surface area (Å²) in [6.45, 7) is 0.406. The number of hydrogen-bond acceptors (Lipinski definition) is 3. The molecule has 20 heavy (non-hydrogen) atoms. The molecule has 5 nitrogen and oxygen atoms in total. The van der Waals surface area contributed by atoms with Crippen molar-refractivity contribution in [2.45, 2.75) is 6.54 Å². The summed E-state index contributed by atoms with van der Waals surface area (Å²) in [6, 6.07) is 8.30. The fourth-order valence-electron chi connectivity index (χ4n) is 1.71. The number of aromatic nitrogens is 1. The summed E-state index contributed by atoms with van der Waals surface area (Å²) in [6.07, 6.45) is 1.72. The minimum Gasteiger partial charge on any atom is -0.310 e. The summed E-state index contributed by atoms with van der Waals surface area (Å²) in [4.78, 5) is 23.2. The molecule has 0 aliphatic heterocycles. The Balaban J connectivity index is 2.33. The number of nitrogens with zero attached hydrogens (tertiary/aromatic N) is 1. The van der Waals surface area contributed by atoms with E-state index in [1.54, 1.807) is 35.0 Å². The monoisotopic (exact) mass is 399 g/mol. The van der Waals surface area contributed by atoms with Gasteiger partial charge in [0.1, 0.15) is 0 Å². The van der Waals surface area contributed by atoms with Gasteiger partial charge < -0.3 is 4.57 Å². The Labute approximate surface area is 132 Å². The minimum atomic E-state index is -0.364. The van der Waals surface area contributed by atoms with Crippen LogP contribution >= 0.6 is 31.9 Å². The molecule has 0 bridgehead atoms. The van der Waals surface area contributed by atoms with Crippen molar-refractivity contribution in [3.8, 4) is 0 Å². The number of rotatable bonds is 3. The average Bonchev–Trinajstić information content (AvgIpc) is 2.44. The molecule has 0 atom stereocenters. The van der Waals surface area contributed by atoms with Crippen molar-refractivity contribution in [2.75, 3.05) is 0 Å². The van der Waals surface area contributed by atoms with Crippen LogP contribution < -0.4 is 16.8 Å². The molecule has 0 spiro atoms. The van der Waals surface area contributed by atoms with E-state index < -0.39 is 0 Å². The number of nitrogens with one attached hydrogen (secondary N) is 1. The summed E-state index contributed by atoms with van der Waals surface area (Å²) in [5.74, 6) is 4.72. The SMILES string of the molecule is NNC(=O)c1ccc(Cn2cc(Br)ccc2=O)c(Br)c1. The van der Waals surface area contributed by atoms with E-state index in [0.717, 1.165) is 14.5 Å². The number of nitrogens with two attached hydrogens (primary N) is 1. The van der Waals surface area contributed by atoms with Gasteiger partial charge in [-0.3, -0.25) is 15.0 Å². The number of amides is 1. The van der Waals surface area contributed by atoms with Gasteiger partial charge in [-0.2, -0.15) is 0 Å². The first-order valence-corrected chi connectivity index (χ1v) is 7.25. The van der Waals surface area contributed by atoms with Crippen molar-refractivity contribution in [3.05, 3.63) is 67.0 Å². The fourth-order valence-corrected chi connectivity index (χ4v) is 2.59. The number of hydrogen-bond donors (Lipinski definition) is 2. The van der Waals surface area contributed by atoms with Crippen molar-refractivity contribution in [1.29, 1.82) is 0 Å². The first kappa shape index (κ1) is 15.0. The molecule has 0 saturated carbocycles. The van der Waals surface area contributed by atoms with Crippen molar-refractivity contribution in [3.63, 3.8) is 0 Å². The molecule has 1 heterocycles. The molecule has 0 radical (unpaired) electrons. The van der Waals surface area contributed by atoms with Crippen LogP contribution in [0.3, 0.4) is 0 Å². The smallest absolute Gasteiger partial charge is 0.265 e. The lowest BCUT2D eigenvalue weighted by Crippen LogP contribution is -2.30. The molecule has 104 valence electrons. The lowest BCUT2D eigenvalue weighted by molar-refractivity contribution is 0.0953. The third-order valence-corrected chi connectivity index (χ3v) is 3.94. The predicted octanol–water partition coefficient (Wildman–Crippen LogP) is 2.03. The number of benzene rings is 1. The Kier molecular flexibility index (Phi) is 4.74. The molecular formula is C13H11Br2N3O2. The quantitative estimate of drug-likeness (QED) is 0.470. The summed E-state index contributed by atoms with van der Waals surface area (Å²) < 4.78 is 3.14. The van der Waals surface area contributed by atoms with E-state index in [1.165, 1.54) is 6.07 Å². The molecule has 0 aliphatic rings. The highest BCUT2D eigenvalue weighted by Gasteiger charge is 2.08. The molecule has 1 amide bonds. The second-order valence-electron chi connectivity index (χ2n) is 4.09. The van der Waals surface area contributed by atoms with E-state index in [-0.39, 0.29) is 11.5 Å². The Morgan fingerprint density at radius 2 is 2.00 bits per heavy atom. The van der Waals surface area contributed by atoms with Gasteiger partial charge in [-0.1, -0.05) is 22.0 Å². The van der Waals surface area contributed by atoms with Crippen LogP contribution in [0.1, 0.15) is 15.9 Å². The number of carbonyl (C=O) groups excluding carboxylic acids is 1. The Hall–Kier alpha value is -1.44. The van der Waals surface area contributed by atoms with Crippen LogP contribution in [0.4, 0.5) is 0 Å². The van der Waals surface area contributed by atoms with Crippen molar-refractivity contribution >= 4 is 37.8 Å². The third-order valence-electron chi connectivity index (χ3n) is 2.73. The number of pyridine rings is 1. The van der Waals surface area contributed by atoms with E-state index in [9.17, 15) is 9.59 Å². The van der Waals surface area contributed by atoms with E-state index >= 15 is 0 Å².